The topological polar surface area (TPSA) is 108 Å². The molecule has 1 aromatic rings. The Morgan fingerprint density at radius 1 is 1.48 bits per heavy atom. The van der Waals surface area contributed by atoms with Gasteiger partial charge in [-0.25, -0.2) is 0 Å². The van der Waals surface area contributed by atoms with Crippen molar-refractivity contribution in [3.05, 3.63) is 33.9 Å². The number of nitriles is 1. The molecule has 0 heterocycles. The second kappa shape index (κ2) is 7.24. The summed E-state index contributed by atoms with van der Waals surface area (Å²) in [6, 6.07) is 5.31. The van der Waals surface area contributed by atoms with Gasteiger partial charge in [-0.05, 0) is 26.3 Å². The Labute approximate surface area is 123 Å². The van der Waals surface area contributed by atoms with Crippen LogP contribution in [0.2, 0.25) is 0 Å². The maximum Gasteiger partial charge on any atom is 0.270 e. The van der Waals surface area contributed by atoms with Crippen LogP contribution in [0.15, 0.2) is 18.2 Å². The number of hydrogen-bond donors (Lipinski definition) is 2. The molecule has 0 spiro atoms. The van der Waals surface area contributed by atoms with Crippen molar-refractivity contribution in [3.8, 4) is 6.07 Å². The van der Waals surface area contributed by atoms with E-state index in [-0.39, 0.29) is 23.2 Å². The van der Waals surface area contributed by atoms with Crippen LogP contribution in [0.5, 0.6) is 0 Å². The number of nitro groups is 1. The number of anilines is 1. The van der Waals surface area contributed by atoms with Gasteiger partial charge in [0.1, 0.15) is 12.1 Å². The van der Waals surface area contributed by atoms with E-state index in [4.69, 9.17) is 5.26 Å². The van der Waals surface area contributed by atoms with Crippen LogP contribution in [-0.2, 0) is 4.79 Å². The maximum absolute atomic E-state index is 11.9. The summed E-state index contributed by atoms with van der Waals surface area (Å²) < 4.78 is 0. The molecule has 112 valence electrons. The number of nitrogens with zero attached hydrogens (tertiary/aromatic N) is 2. The molecule has 7 nitrogen and oxygen atoms in total. The van der Waals surface area contributed by atoms with Gasteiger partial charge in [0.05, 0.1) is 16.2 Å². The van der Waals surface area contributed by atoms with Crippen LogP contribution in [0.3, 0.4) is 0 Å². The van der Waals surface area contributed by atoms with Gasteiger partial charge < -0.3 is 10.6 Å². The Kier molecular flexibility index (Phi) is 5.67. The lowest BCUT2D eigenvalue weighted by molar-refractivity contribution is -0.384. The molecule has 1 rings (SSSR count). The summed E-state index contributed by atoms with van der Waals surface area (Å²) in [6.07, 6.45) is 0.819. The molecule has 0 bridgehead atoms. The van der Waals surface area contributed by atoms with Gasteiger partial charge in [0.25, 0.3) is 5.69 Å². The van der Waals surface area contributed by atoms with Crippen molar-refractivity contribution >= 4 is 17.3 Å². The summed E-state index contributed by atoms with van der Waals surface area (Å²) in [6.45, 7) is 5.53. The first-order valence-corrected chi connectivity index (χ1v) is 6.64. The van der Waals surface area contributed by atoms with Gasteiger partial charge >= 0.3 is 0 Å². The zero-order valence-electron chi connectivity index (χ0n) is 12.2. The number of nitrogens with one attached hydrogen (secondary N) is 2. The minimum atomic E-state index is -0.566. The molecule has 0 radical (unpaired) electrons. The number of hydrogen-bond acceptors (Lipinski definition) is 5. The van der Waals surface area contributed by atoms with E-state index < -0.39 is 11.0 Å². The van der Waals surface area contributed by atoms with Gasteiger partial charge in [0.15, 0.2) is 0 Å². The quantitative estimate of drug-likeness (QED) is 0.616. The van der Waals surface area contributed by atoms with Gasteiger partial charge in [-0.1, -0.05) is 6.92 Å². The zero-order valence-corrected chi connectivity index (χ0v) is 12.2. The molecule has 2 N–H and O–H groups in total. The fraction of sp³-hybridized carbons (Fsp3) is 0.429. The van der Waals surface area contributed by atoms with E-state index in [0.717, 1.165) is 6.42 Å². The Hall–Kier alpha value is -2.62. The van der Waals surface area contributed by atoms with Crippen molar-refractivity contribution in [2.45, 2.75) is 39.3 Å². The lowest BCUT2D eigenvalue weighted by Crippen LogP contribution is -2.41. The first kappa shape index (κ1) is 16.4. The summed E-state index contributed by atoms with van der Waals surface area (Å²) >= 11 is 0. The standard InChI is InChI=1S/C14H18N4O3/c1-4-9(2)16-14(19)10(3)17-13-6-5-12(18(20)21)7-11(13)8-15/h5-7,9-10,17H,4H2,1-3H3,(H,16,19). The molecule has 1 amide bonds. The van der Waals surface area contributed by atoms with E-state index in [1.54, 1.807) is 6.92 Å². The van der Waals surface area contributed by atoms with Gasteiger partial charge in [0.2, 0.25) is 5.91 Å². The molecule has 0 aliphatic rings. The van der Waals surface area contributed by atoms with Crippen LogP contribution in [-0.4, -0.2) is 22.9 Å². The summed E-state index contributed by atoms with van der Waals surface area (Å²) in [7, 11) is 0. The van der Waals surface area contributed by atoms with E-state index >= 15 is 0 Å². The van der Waals surface area contributed by atoms with E-state index in [0.29, 0.717) is 5.69 Å². The van der Waals surface area contributed by atoms with Crippen molar-refractivity contribution in [2.24, 2.45) is 0 Å². The number of rotatable bonds is 6. The molecule has 0 saturated carbocycles. The first-order chi connectivity index (χ1) is 9.88. The zero-order chi connectivity index (χ0) is 16.0. The maximum atomic E-state index is 11.9. The summed E-state index contributed by atoms with van der Waals surface area (Å²) in [4.78, 5) is 22.0. The summed E-state index contributed by atoms with van der Waals surface area (Å²) in [5, 5.41) is 25.4. The smallest absolute Gasteiger partial charge is 0.270 e. The number of non-ortho nitro benzene ring substituents is 1. The minimum absolute atomic E-state index is 0.0639. The van der Waals surface area contributed by atoms with Gasteiger partial charge in [0, 0.05) is 18.2 Å². The average Bonchev–Trinajstić information content (AvgIpc) is 2.46. The third-order valence-electron chi connectivity index (χ3n) is 3.10. The second-order valence-electron chi connectivity index (χ2n) is 4.78. The van der Waals surface area contributed by atoms with Crippen molar-refractivity contribution < 1.29 is 9.72 Å². The molecule has 7 heteroatoms. The van der Waals surface area contributed by atoms with E-state index in [9.17, 15) is 14.9 Å². The molecule has 0 aliphatic heterocycles. The fourth-order valence-electron chi connectivity index (χ4n) is 1.63. The lowest BCUT2D eigenvalue weighted by atomic mass is 10.1. The van der Waals surface area contributed by atoms with Crippen molar-refractivity contribution in [2.75, 3.05) is 5.32 Å². The fourth-order valence-corrected chi connectivity index (χ4v) is 1.63. The highest BCUT2D eigenvalue weighted by Gasteiger charge is 2.17. The minimum Gasteiger partial charge on any atom is -0.373 e. The normalized spacial score (nSPS) is 12.9. The number of carbonyl (C=O) groups excluding carboxylic acids is 1. The highest BCUT2D eigenvalue weighted by molar-refractivity contribution is 5.85. The van der Waals surface area contributed by atoms with Crippen LogP contribution in [0.1, 0.15) is 32.8 Å². The van der Waals surface area contributed by atoms with Crippen LogP contribution >= 0.6 is 0 Å². The second-order valence-corrected chi connectivity index (χ2v) is 4.78. The molecular formula is C14H18N4O3. The number of benzene rings is 1. The highest BCUT2D eigenvalue weighted by Crippen LogP contribution is 2.22. The van der Waals surface area contributed by atoms with Gasteiger partial charge in [-0.15, -0.1) is 0 Å². The third-order valence-corrected chi connectivity index (χ3v) is 3.10. The molecule has 21 heavy (non-hydrogen) atoms. The largest absolute Gasteiger partial charge is 0.373 e. The predicted octanol–water partition coefficient (Wildman–Crippen LogP) is 2.18. The van der Waals surface area contributed by atoms with Crippen LogP contribution in [0.25, 0.3) is 0 Å². The Bertz CT molecular complexity index is 580. The molecule has 2 atom stereocenters. The van der Waals surface area contributed by atoms with Crippen molar-refractivity contribution in [1.82, 2.24) is 5.32 Å². The van der Waals surface area contributed by atoms with Gasteiger partial charge in [-0.2, -0.15) is 5.26 Å². The van der Waals surface area contributed by atoms with E-state index in [1.807, 2.05) is 19.9 Å². The molecule has 2 unspecified atom stereocenters. The summed E-state index contributed by atoms with van der Waals surface area (Å²) in [5.74, 6) is -0.188. The highest BCUT2D eigenvalue weighted by atomic mass is 16.6. The van der Waals surface area contributed by atoms with Crippen LogP contribution in [0, 0.1) is 21.4 Å². The molecule has 0 aromatic heterocycles. The Morgan fingerprint density at radius 2 is 2.14 bits per heavy atom. The lowest BCUT2D eigenvalue weighted by Gasteiger charge is -2.18. The SMILES string of the molecule is CCC(C)NC(=O)C(C)Nc1ccc([N+](=O)[O-])cc1C#N. The van der Waals surface area contributed by atoms with E-state index in [1.165, 1.54) is 18.2 Å². The number of carbonyl (C=O) groups is 1. The van der Waals surface area contributed by atoms with E-state index in [2.05, 4.69) is 10.6 Å². The molecular weight excluding hydrogens is 272 g/mol. The predicted molar refractivity (Wildman–Crippen MR) is 78.8 cm³/mol. The Morgan fingerprint density at radius 3 is 2.67 bits per heavy atom. The number of nitro benzene ring substituents is 1. The Balaban J connectivity index is 2.85. The first-order valence-electron chi connectivity index (χ1n) is 6.64. The van der Waals surface area contributed by atoms with Crippen LogP contribution in [0.4, 0.5) is 11.4 Å². The molecule has 0 fully saturated rings. The molecule has 0 saturated heterocycles. The van der Waals surface area contributed by atoms with Crippen molar-refractivity contribution in [1.29, 1.82) is 5.26 Å². The van der Waals surface area contributed by atoms with Crippen LogP contribution < -0.4 is 10.6 Å². The monoisotopic (exact) mass is 290 g/mol. The van der Waals surface area contributed by atoms with Gasteiger partial charge in [-0.3, -0.25) is 14.9 Å². The summed E-state index contributed by atoms with van der Waals surface area (Å²) in [5.41, 5.74) is 0.371. The number of amides is 1. The van der Waals surface area contributed by atoms with Crippen molar-refractivity contribution in [3.63, 3.8) is 0 Å². The third kappa shape index (κ3) is 4.45. The molecule has 1 aromatic carbocycles. The molecule has 0 aliphatic carbocycles. The average molecular weight is 290 g/mol.